The molecule has 0 spiro atoms. The number of aromatic hydroxyl groups is 1. The van der Waals surface area contributed by atoms with Gasteiger partial charge in [0.15, 0.2) is 0 Å². The van der Waals surface area contributed by atoms with Crippen LogP contribution in [0.15, 0.2) is 60.7 Å². The number of nitrogens with one attached hydrogen (secondary N) is 1. The van der Waals surface area contributed by atoms with Gasteiger partial charge in [-0.1, -0.05) is 36.4 Å². The number of imide groups is 1. The van der Waals surface area contributed by atoms with E-state index in [1.165, 1.54) is 59.7 Å². The van der Waals surface area contributed by atoms with E-state index in [4.69, 9.17) is 11.5 Å². The van der Waals surface area contributed by atoms with Crippen LogP contribution in [0.2, 0.25) is 0 Å². The second-order valence-electron chi connectivity index (χ2n) is 12.7. The number of β-lactam (4-membered cyclic amide) rings is 1. The van der Waals surface area contributed by atoms with Crippen LogP contribution in [-0.4, -0.2) is 90.3 Å². The van der Waals surface area contributed by atoms with Crippen molar-refractivity contribution in [1.82, 2.24) is 15.1 Å². The van der Waals surface area contributed by atoms with Crippen LogP contribution in [0.5, 0.6) is 5.75 Å². The molecule has 3 aliphatic rings. The minimum Gasteiger partial charge on any atom is -0.508 e. The molecule has 7 N–H and O–H groups in total. The number of rotatable bonds is 9. The Kier molecular flexibility index (Phi) is 9.41. The number of thioether (sulfide) groups is 1. The van der Waals surface area contributed by atoms with Crippen LogP contribution in [0.4, 0.5) is 5.69 Å². The Hall–Kier alpha value is -4.73. The zero-order chi connectivity index (χ0) is 35.2. The van der Waals surface area contributed by atoms with Crippen molar-refractivity contribution in [1.29, 1.82) is 0 Å². The van der Waals surface area contributed by atoms with Gasteiger partial charge in [0.2, 0.25) is 29.5 Å². The van der Waals surface area contributed by atoms with Gasteiger partial charge in [0, 0.05) is 18.2 Å². The first-order valence-electron chi connectivity index (χ1n) is 15.3. The fourth-order valence-electron chi connectivity index (χ4n) is 6.31. The summed E-state index contributed by atoms with van der Waals surface area (Å²) in [4.78, 5) is 81.3. The lowest BCUT2D eigenvalue weighted by atomic mass is 9.92. The molecule has 15 heteroatoms. The Morgan fingerprint density at radius 1 is 1.00 bits per heavy atom. The fraction of sp³-hybridized carbons (Fsp3) is 0.394. The summed E-state index contributed by atoms with van der Waals surface area (Å²) < 4.78 is -0.836. The van der Waals surface area contributed by atoms with Crippen LogP contribution in [0, 0.1) is 5.92 Å². The summed E-state index contributed by atoms with van der Waals surface area (Å²) in [6.45, 7) is 6.00. The highest BCUT2D eigenvalue weighted by molar-refractivity contribution is 8.01. The number of nitrogens with two attached hydrogens (primary N) is 2. The lowest BCUT2D eigenvalue weighted by Crippen LogP contribution is -2.72. The Bertz CT molecular complexity index is 1680. The second kappa shape index (κ2) is 13.1. The number of carboxylic acid groups (broad SMARTS) is 1. The fourth-order valence-corrected chi connectivity index (χ4v) is 8.01. The van der Waals surface area contributed by atoms with Crippen molar-refractivity contribution in [3.63, 3.8) is 0 Å². The zero-order valence-electron chi connectivity index (χ0n) is 26.8. The first kappa shape index (κ1) is 34.6. The van der Waals surface area contributed by atoms with Crippen LogP contribution < -0.4 is 21.7 Å². The quantitative estimate of drug-likeness (QED) is 0.186. The molecule has 7 atom stereocenters. The van der Waals surface area contributed by atoms with Crippen molar-refractivity contribution in [2.75, 3.05) is 11.4 Å². The van der Waals surface area contributed by atoms with Crippen LogP contribution in [0.3, 0.4) is 0 Å². The van der Waals surface area contributed by atoms with Crippen molar-refractivity contribution in [2.24, 2.45) is 17.4 Å². The number of phenols is 1. The van der Waals surface area contributed by atoms with Crippen LogP contribution >= 0.6 is 11.8 Å². The molecule has 254 valence electrons. The maximum absolute atomic E-state index is 14.0. The van der Waals surface area contributed by atoms with E-state index in [1.807, 2.05) is 0 Å². The van der Waals surface area contributed by atoms with E-state index in [1.54, 1.807) is 50.3 Å². The first-order valence-corrected chi connectivity index (χ1v) is 16.2. The highest BCUT2D eigenvalue weighted by atomic mass is 32.2. The van der Waals surface area contributed by atoms with Crippen molar-refractivity contribution < 1.29 is 39.0 Å². The minimum absolute atomic E-state index is 0.0209. The molecule has 0 radical (unpaired) electrons. The van der Waals surface area contributed by atoms with Crippen LogP contribution in [0.25, 0.3) is 0 Å². The largest absolute Gasteiger partial charge is 0.508 e. The molecule has 5 rings (SSSR count). The molecular weight excluding hydrogens is 640 g/mol. The summed E-state index contributed by atoms with van der Waals surface area (Å²) in [5, 5.41) is 21.8. The lowest BCUT2D eigenvalue weighted by molar-refractivity contribution is -0.169. The van der Waals surface area contributed by atoms with E-state index >= 15 is 0 Å². The van der Waals surface area contributed by atoms with Gasteiger partial charge in [0.05, 0.1) is 23.7 Å². The van der Waals surface area contributed by atoms with Crippen LogP contribution in [0.1, 0.15) is 50.9 Å². The summed E-state index contributed by atoms with van der Waals surface area (Å²) in [5.74, 6) is -4.69. The third-order valence-corrected chi connectivity index (χ3v) is 10.3. The number of nitrogens with zero attached hydrogens (tertiary/aromatic N) is 3. The van der Waals surface area contributed by atoms with Gasteiger partial charge in [0.25, 0.3) is 0 Å². The van der Waals surface area contributed by atoms with Gasteiger partial charge in [-0.3, -0.25) is 24.0 Å². The maximum Gasteiger partial charge on any atom is 0.327 e. The van der Waals surface area contributed by atoms with Gasteiger partial charge in [-0.2, -0.15) is 0 Å². The molecule has 2 aromatic carbocycles. The van der Waals surface area contributed by atoms with E-state index in [9.17, 15) is 39.0 Å². The van der Waals surface area contributed by atoms with E-state index in [0.29, 0.717) is 16.8 Å². The van der Waals surface area contributed by atoms with Gasteiger partial charge < -0.3 is 36.8 Å². The number of fused-ring (bicyclic) bond motifs is 1. The molecule has 0 aromatic heterocycles. The number of hydrogen-bond donors (Lipinski definition) is 5. The highest BCUT2D eigenvalue weighted by Crippen LogP contribution is 2.52. The molecule has 2 aromatic rings. The number of carbonyl (C=O) groups is 6. The van der Waals surface area contributed by atoms with Gasteiger partial charge in [-0.05, 0) is 56.2 Å². The number of carbonyl (C=O) groups excluding carboxylic acids is 5. The van der Waals surface area contributed by atoms with Crippen LogP contribution in [-0.2, 0) is 28.8 Å². The average Bonchev–Trinajstić information content (AvgIpc) is 3.28. The minimum atomic E-state index is -1.23. The summed E-state index contributed by atoms with van der Waals surface area (Å²) in [7, 11) is 0. The maximum atomic E-state index is 14.0. The Labute approximate surface area is 281 Å². The number of amides is 5. The number of phenolic OH excluding ortho intramolecular Hbond substituents is 1. The number of aliphatic carboxylic acids is 1. The normalized spacial score (nSPS) is 25.3. The third kappa shape index (κ3) is 6.28. The lowest BCUT2D eigenvalue weighted by Gasteiger charge is -2.49. The van der Waals surface area contributed by atoms with Gasteiger partial charge in [-0.25, -0.2) is 9.69 Å². The van der Waals surface area contributed by atoms with Gasteiger partial charge in [0.1, 0.15) is 29.2 Å². The highest BCUT2D eigenvalue weighted by Gasteiger charge is 2.66. The molecule has 5 amide bonds. The summed E-state index contributed by atoms with van der Waals surface area (Å²) in [6, 6.07) is 7.41. The molecule has 0 bridgehead atoms. The molecule has 2 fully saturated rings. The average molecular weight is 679 g/mol. The number of anilines is 1. The van der Waals surface area contributed by atoms with E-state index in [2.05, 4.69) is 5.32 Å². The van der Waals surface area contributed by atoms with E-state index in [-0.39, 0.29) is 12.3 Å². The van der Waals surface area contributed by atoms with Crippen molar-refractivity contribution in [3.8, 4) is 5.75 Å². The summed E-state index contributed by atoms with van der Waals surface area (Å²) in [6.07, 6.45) is 3.38. The van der Waals surface area contributed by atoms with Crippen molar-refractivity contribution >= 4 is 53.0 Å². The van der Waals surface area contributed by atoms with E-state index in [0.717, 1.165) is 4.90 Å². The smallest absolute Gasteiger partial charge is 0.327 e. The first-order chi connectivity index (χ1) is 22.5. The molecule has 4 unspecified atom stereocenters. The van der Waals surface area contributed by atoms with Gasteiger partial charge in [-0.15, -0.1) is 11.8 Å². The van der Waals surface area contributed by atoms with Gasteiger partial charge >= 0.3 is 5.97 Å². The predicted octanol–water partition coefficient (Wildman–Crippen LogP) is 1.01. The SMILES string of the molecule is CC(=O)N(C(=O)C(C)N)c1ccc(C2C=CC(CN(C(=O)C(N)c3ccc(O)cc3)[C@@H]3C(=O)N4[C@@H]3SC(C)(C)[C@@H]4C(=O)O)C(=O)N2)cc1. The van der Waals surface area contributed by atoms with Crippen molar-refractivity contribution in [2.45, 2.75) is 68.0 Å². The predicted molar refractivity (Wildman–Crippen MR) is 176 cm³/mol. The Balaban J connectivity index is 1.39. The molecule has 48 heavy (non-hydrogen) atoms. The molecule has 3 heterocycles. The van der Waals surface area contributed by atoms with E-state index < -0.39 is 81.8 Å². The summed E-state index contributed by atoms with van der Waals surface area (Å²) >= 11 is 1.27. The standard InChI is InChI=1S/C33H38N6O8S/c1-16(34)28(43)38(17(2)40)21-10-5-18(6-11-21)23-14-9-20(27(42)36-23)15-37(29(44)24(35)19-7-12-22(41)13-8-19)25-30(45)39-26(32(46)47)33(3,4)48-31(25)39/h5-14,16,20,23-26,31,41H,15,34-35H2,1-4H3,(H,36,42)(H,46,47)/t16?,20?,23?,24?,25-,26+,31-/m1/s1. The van der Waals surface area contributed by atoms with Crippen molar-refractivity contribution in [3.05, 3.63) is 71.8 Å². The number of carboxylic acids is 1. The molecular formula is C33H38N6O8S. The molecule has 0 aliphatic carbocycles. The second-order valence-corrected chi connectivity index (χ2v) is 14.4. The Morgan fingerprint density at radius 3 is 2.17 bits per heavy atom. The third-order valence-electron chi connectivity index (χ3n) is 8.78. The zero-order valence-corrected chi connectivity index (χ0v) is 27.6. The molecule has 2 saturated heterocycles. The molecule has 0 saturated carbocycles. The topological polar surface area (TPSA) is 217 Å². The number of benzene rings is 2. The number of hydrogen-bond acceptors (Lipinski definition) is 10. The monoisotopic (exact) mass is 678 g/mol. The summed E-state index contributed by atoms with van der Waals surface area (Å²) in [5.41, 5.74) is 13.4. The molecule has 14 nitrogen and oxygen atoms in total. The molecule has 3 aliphatic heterocycles. The Morgan fingerprint density at radius 2 is 1.62 bits per heavy atom.